The van der Waals surface area contributed by atoms with E-state index in [0.717, 1.165) is 25.4 Å². The molecule has 0 aromatic heterocycles. The molecule has 0 saturated carbocycles. The topological polar surface area (TPSA) is 29.3 Å². The molecule has 1 aromatic rings. The molecule has 0 heterocycles. The highest BCUT2D eigenvalue weighted by Gasteiger charge is 2.01. The zero-order valence-corrected chi connectivity index (χ0v) is 11.4. The molecule has 0 fully saturated rings. The molecule has 0 spiro atoms. The molecule has 4 heteroatoms. The number of anilines is 1. The molecule has 2 nitrogen and oxygen atoms in total. The monoisotopic (exact) mass is 258 g/mol. The molecule has 0 radical (unpaired) electrons. The maximum Gasteiger partial charge on any atom is 0.0646 e. The first kappa shape index (κ1) is 13.7. The Morgan fingerprint density at radius 3 is 2.56 bits per heavy atom. The standard InChI is InChI=1S/C12H19ClN2S/c1-3-15(4-2)7-8-16-10-5-6-12(14)11(13)9-10/h5-6,9H,3-4,7-8,14H2,1-2H3. The van der Waals surface area contributed by atoms with Crippen LogP contribution in [0.4, 0.5) is 5.69 Å². The van der Waals surface area contributed by atoms with E-state index < -0.39 is 0 Å². The number of halogens is 1. The van der Waals surface area contributed by atoms with Gasteiger partial charge in [0.05, 0.1) is 10.7 Å². The quantitative estimate of drug-likeness (QED) is 0.627. The molecule has 0 unspecified atom stereocenters. The van der Waals surface area contributed by atoms with Crippen molar-refractivity contribution in [3.63, 3.8) is 0 Å². The lowest BCUT2D eigenvalue weighted by atomic mass is 10.3. The molecule has 2 N–H and O–H groups in total. The number of nitrogens with two attached hydrogens (primary N) is 1. The Labute approximate surface area is 107 Å². The number of benzene rings is 1. The van der Waals surface area contributed by atoms with Gasteiger partial charge < -0.3 is 10.6 Å². The summed E-state index contributed by atoms with van der Waals surface area (Å²) in [7, 11) is 0. The van der Waals surface area contributed by atoms with E-state index in [1.807, 2.05) is 30.0 Å². The Morgan fingerprint density at radius 2 is 2.00 bits per heavy atom. The van der Waals surface area contributed by atoms with Crippen LogP contribution in [0.1, 0.15) is 13.8 Å². The highest BCUT2D eigenvalue weighted by atomic mass is 35.5. The minimum atomic E-state index is 0.646. The van der Waals surface area contributed by atoms with Gasteiger partial charge in [0.25, 0.3) is 0 Å². The van der Waals surface area contributed by atoms with E-state index in [2.05, 4.69) is 18.7 Å². The van der Waals surface area contributed by atoms with Crippen molar-refractivity contribution < 1.29 is 0 Å². The Hall–Kier alpha value is -0.380. The Balaban J connectivity index is 2.40. The first-order valence-electron chi connectivity index (χ1n) is 5.57. The lowest BCUT2D eigenvalue weighted by molar-refractivity contribution is 0.324. The van der Waals surface area contributed by atoms with Gasteiger partial charge in [0.15, 0.2) is 0 Å². The highest BCUT2D eigenvalue weighted by molar-refractivity contribution is 7.99. The van der Waals surface area contributed by atoms with Crippen LogP contribution in [0.5, 0.6) is 0 Å². The second-order valence-corrected chi connectivity index (χ2v) is 5.13. The van der Waals surface area contributed by atoms with Crippen LogP contribution in [0.3, 0.4) is 0 Å². The van der Waals surface area contributed by atoms with Crippen LogP contribution in [0.25, 0.3) is 0 Å². The first-order chi connectivity index (χ1) is 7.67. The van der Waals surface area contributed by atoms with Crippen LogP contribution < -0.4 is 5.73 Å². The van der Waals surface area contributed by atoms with E-state index >= 15 is 0 Å². The number of rotatable bonds is 6. The van der Waals surface area contributed by atoms with Crippen molar-refractivity contribution in [2.24, 2.45) is 0 Å². The third-order valence-corrected chi connectivity index (χ3v) is 3.84. The summed E-state index contributed by atoms with van der Waals surface area (Å²) in [6.45, 7) is 7.71. The molecular weight excluding hydrogens is 240 g/mol. The summed E-state index contributed by atoms with van der Waals surface area (Å²) >= 11 is 7.78. The summed E-state index contributed by atoms with van der Waals surface area (Å²) in [6.07, 6.45) is 0. The first-order valence-corrected chi connectivity index (χ1v) is 6.93. The van der Waals surface area contributed by atoms with E-state index in [9.17, 15) is 0 Å². The smallest absolute Gasteiger partial charge is 0.0646 e. The van der Waals surface area contributed by atoms with Gasteiger partial charge in [-0.2, -0.15) is 0 Å². The van der Waals surface area contributed by atoms with Crippen LogP contribution in [0.2, 0.25) is 5.02 Å². The summed E-state index contributed by atoms with van der Waals surface area (Å²) in [5, 5.41) is 0.646. The van der Waals surface area contributed by atoms with Crippen LogP contribution in [-0.2, 0) is 0 Å². The second-order valence-electron chi connectivity index (χ2n) is 3.56. The summed E-state index contributed by atoms with van der Waals surface area (Å²) in [6, 6.07) is 5.82. The molecule has 16 heavy (non-hydrogen) atoms. The van der Waals surface area contributed by atoms with Crippen LogP contribution in [0, 0.1) is 0 Å². The lowest BCUT2D eigenvalue weighted by Gasteiger charge is -2.17. The Kier molecular flexibility index (Phi) is 6.03. The molecule has 0 aliphatic carbocycles. The van der Waals surface area contributed by atoms with Crippen molar-refractivity contribution in [1.29, 1.82) is 0 Å². The second kappa shape index (κ2) is 7.05. The minimum absolute atomic E-state index is 0.646. The number of nitrogens with zero attached hydrogens (tertiary/aromatic N) is 1. The molecule has 0 atom stereocenters. The average Bonchev–Trinajstić information content (AvgIpc) is 2.29. The van der Waals surface area contributed by atoms with Gasteiger partial charge in [0.1, 0.15) is 0 Å². The fourth-order valence-electron chi connectivity index (χ4n) is 1.43. The van der Waals surface area contributed by atoms with E-state index in [4.69, 9.17) is 17.3 Å². The molecule has 90 valence electrons. The molecule has 1 aromatic carbocycles. The third-order valence-electron chi connectivity index (χ3n) is 2.54. The normalized spacial score (nSPS) is 11.0. The van der Waals surface area contributed by atoms with Crippen LogP contribution in [0.15, 0.2) is 23.1 Å². The summed E-state index contributed by atoms with van der Waals surface area (Å²) in [5.41, 5.74) is 6.31. The van der Waals surface area contributed by atoms with Crippen molar-refractivity contribution in [2.45, 2.75) is 18.7 Å². The molecule has 0 amide bonds. The average molecular weight is 259 g/mol. The van der Waals surface area contributed by atoms with Crippen LogP contribution >= 0.6 is 23.4 Å². The Morgan fingerprint density at radius 1 is 1.31 bits per heavy atom. The van der Waals surface area contributed by atoms with E-state index in [0.29, 0.717) is 10.7 Å². The molecule has 1 rings (SSSR count). The number of hydrogen-bond acceptors (Lipinski definition) is 3. The maximum absolute atomic E-state index is 5.96. The molecule has 0 aliphatic heterocycles. The number of nitrogen functional groups attached to an aromatic ring is 1. The third kappa shape index (κ3) is 4.24. The molecular formula is C12H19ClN2S. The van der Waals surface area contributed by atoms with E-state index in [1.54, 1.807) is 0 Å². The predicted octanol–water partition coefficient (Wildman–Crippen LogP) is 3.36. The van der Waals surface area contributed by atoms with Gasteiger partial charge in [-0.15, -0.1) is 11.8 Å². The predicted molar refractivity (Wildman–Crippen MR) is 74.4 cm³/mol. The Bertz CT molecular complexity index is 327. The fraction of sp³-hybridized carbons (Fsp3) is 0.500. The van der Waals surface area contributed by atoms with E-state index in [1.165, 1.54) is 4.90 Å². The maximum atomic E-state index is 5.96. The lowest BCUT2D eigenvalue weighted by Crippen LogP contribution is -2.25. The molecule has 0 aliphatic rings. The highest BCUT2D eigenvalue weighted by Crippen LogP contribution is 2.26. The van der Waals surface area contributed by atoms with Gasteiger partial charge in [-0.25, -0.2) is 0 Å². The largest absolute Gasteiger partial charge is 0.398 e. The summed E-state index contributed by atoms with van der Waals surface area (Å²) < 4.78 is 0. The minimum Gasteiger partial charge on any atom is -0.398 e. The van der Waals surface area contributed by atoms with Gasteiger partial charge >= 0.3 is 0 Å². The van der Waals surface area contributed by atoms with Crippen molar-refractivity contribution in [3.8, 4) is 0 Å². The van der Waals surface area contributed by atoms with Gasteiger partial charge in [-0.05, 0) is 31.3 Å². The van der Waals surface area contributed by atoms with Crippen molar-refractivity contribution in [2.75, 3.05) is 31.1 Å². The number of hydrogen-bond donors (Lipinski definition) is 1. The summed E-state index contributed by atoms with van der Waals surface area (Å²) in [4.78, 5) is 3.60. The van der Waals surface area contributed by atoms with Crippen molar-refractivity contribution in [3.05, 3.63) is 23.2 Å². The SMILES string of the molecule is CCN(CC)CCSc1ccc(N)c(Cl)c1. The van der Waals surface area contributed by atoms with Crippen molar-refractivity contribution in [1.82, 2.24) is 4.90 Å². The zero-order chi connectivity index (χ0) is 12.0. The van der Waals surface area contributed by atoms with E-state index in [-0.39, 0.29) is 0 Å². The fourth-order valence-corrected chi connectivity index (χ4v) is 2.63. The summed E-state index contributed by atoms with van der Waals surface area (Å²) in [5.74, 6) is 1.09. The molecule has 0 saturated heterocycles. The van der Waals surface area contributed by atoms with Gasteiger partial charge in [0, 0.05) is 17.2 Å². The van der Waals surface area contributed by atoms with Gasteiger partial charge in [-0.1, -0.05) is 25.4 Å². The zero-order valence-electron chi connectivity index (χ0n) is 9.87. The van der Waals surface area contributed by atoms with Gasteiger partial charge in [-0.3, -0.25) is 0 Å². The van der Waals surface area contributed by atoms with Gasteiger partial charge in [0.2, 0.25) is 0 Å². The van der Waals surface area contributed by atoms with Crippen LogP contribution in [-0.4, -0.2) is 30.3 Å². The van der Waals surface area contributed by atoms with Crippen molar-refractivity contribution >= 4 is 29.1 Å². The molecule has 0 bridgehead atoms. The number of thioether (sulfide) groups is 1.